The van der Waals surface area contributed by atoms with E-state index in [0.29, 0.717) is 23.2 Å². The number of amides is 2. The molecule has 1 heterocycles. The van der Waals surface area contributed by atoms with Crippen LogP contribution in [0.5, 0.6) is 0 Å². The van der Waals surface area contributed by atoms with Gasteiger partial charge in [0.15, 0.2) is 0 Å². The molecule has 1 aliphatic rings. The first-order valence-electron chi connectivity index (χ1n) is 13.4. The molecule has 0 bridgehead atoms. The minimum absolute atomic E-state index is 0.0180. The lowest BCUT2D eigenvalue weighted by Gasteiger charge is -2.25. The number of carbonyl (C=O) groups is 2. The van der Waals surface area contributed by atoms with Crippen molar-refractivity contribution in [2.24, 2.45) is 5.92 Å². The van der Waals surface area contributed by atoms with E-state index in [2.05, 4.69) is 31.3 Å². The molecule has 0 unspecified atom stereocenters. The van der Waals surface area contributed by atoms with Crippen LogP contribution in [-0.2, 0) is 16.1 Å². The van der Waals surface area contributed by atoms with Crippen molar-refractivity contribution < 1.29 is 9.59 Å². The summed E-state index contributed by atoms with van der Waals surface area (Å²) in [5.74, 6) is 0.151. The summed E-state index contributed by atoms with van der Waals surface area (Å²) in [5.41, 5.74) is 5.82. The molecule has 4 aromatic rings. The van der Waals surface area contributed by atoms with Gasteiger partial charge in [0.2, 0.25) is 17.8 Å². The Morgan fingerprint density at radius 2 is 1.69 bits per heavy atom. The molecular formula is C32H33ClN4O2. The molecule has 39 heavy (non-hydrogen) atoms. The van der Waals surface area contributed by atoms with E-state index in [4.69, 9.17) is 16.6 Å². The number of carbonyl (C=O) groups excluding carboxylic acids is 2. The Hall–Kier alpha value is -3.90. The molecular weight excluding hydrogens is 508 g/mol. The van der Waals surface area contributed by atoms with Gasteiger partial charge in [0.05, 0.1) is 5.69 Å². The molecule has 1 saturated carbocycles. The zero-order valence-corrected chi connectivity index (χ0v) is 23.1. The predicted molar refractivity (Wildman–Crippen MR) is 156 cm³/mol. The number of nitrogens with zero attached hydrogens (tertiary/aromatic N) is 3. The average molecular weight is 541 g/mol. The highest BCUT2D eigenvalue weighted by Crippen LogP contribution is 2.28. The van der Waals surface area contributed by atoms with Crippen LogP contribution in [0.25, 0.3) is 16.9 Å². The third kappa shape index (κ3) is 6.40. The van der Waals surface area contributed by atoms with E-state index in [9.17, 15) is 9.59 Å². The van der Waals surface area contributed by atoms with Crippen LogP contribution in [0, 0.1) is 19.8 Å². The first-order chi connectivity index (χ1) is 18.9. The van der Waals surface area contributed by atoms with Crippen LogP contribution in [0.1, 0.15) is 42.4 Å². The number of aryl methyl sites for hydroxylation is 2. The van der Waals surface area contributed by atoms with E-state index in [1.165, 1.54) is 5.56 Å². The maximum atomic E-state index is 13.5. The van der Waals surface area contributed by atoms with Crippen molar-refractivity contribution in [3.8, 4) is 16.9 Å². The van der Waals surface area contributed by atoms with E-state index in [-0.39, 0.29) is 24.3 Å². The second-order valence-electron chi connectivity index (χ2n) is 10.3. The molecule has 5 rings (SSSR count). The van der Waals surface area contributed by atoms with Gasteiger partial charge in [0, 0.05) is 34.9 Å². The number of hydrogen-bond acceptors (Lipinski definition) is 3. The van der Waals surface area contributed by atoms with E-state index in [1.807, 2.05) is 71.4 Å². The standard InChI is InChI=1S/C32H33ClN4O2/c1-22-12-17-28(18-23(22)2)37-20-29(25-13-15-27(33)16-14-25)34-32(37)35-30(38)21-36(19-24-8-4-3-5-9-24)31(39)26-10-6-7-11-26/h3-5,8-9,12-18,20,26H,6-7,10-11,19,21H2,1-2H3,(H,34,35,38). The fourth-order valence-electron chi connectivity index (χ4n) is 5.08. The summed E-state index contributed by atoms with van der Waals surface area (Å²) < 4.78 is 1.88. The van der Waals surface area contributed by atoms with Gasteiger partial charge in [0.1, 0.15) is 6.54 Å². The zero-order chi connectivity index (χ0) is 27.4. The maximum absolute atomic E-state index is 13.5. The molecule has 0 aliphatic heterocycles. The second kappa shape index (κ2) is 11.9. The molecule has 1 fully saturated rings. The Balaban J connectivity index is 1.43. The first-order valence-corrected chi connectivity index (χ1v) is 13.8. The van der Waals surface area contributed by atoms with Crippen molar-refractivity contribution in [3.63, 3.8) is 0 Å². The average Bonchev–Trinajstić information content (AvgIpc) is 3.61. The van der Waals surface area contributed by atoms with Gasteiger partial charge in [-0.05, 0) is 67.6 Å². The Morgan fingerprint density at radius 3 is 2.38 bits per heavy atom. The summed E-state index contributed by atoms with van der Waals surface area (Å²) in [6.07, 6.45) is 5.79. The summed E-state index contributed by atoms with van der Waals surface area (Å²) in [5, 5.41) is 3.64. The molecule has 1 aromatic heterocycles. The van der Waals surface area contributed by atoms with Crippen molar-refractivity contribution in [1.82, 2.24) is 14.5 Å². The van der Waals surface area contributed by atoms with Crippen molar-refractivity contribution in [1.29, 1.82) is 0 Å². The highest BCUT2D eigenvalue weighted by Gasteiger charge is 2.29. The first kappa shape index (κ1) is 26.7. The van der Waals surface area contributed by atoms with Gasteiger partial charge in [-0.15, -0.1) is 0 Å². The SMILES string of the molecule is Cc1ccc(-n2cc(-c3ccc(Cl)cc3)nc2NC(=O)CN(Cc2ccccc2)C(=O)C2CCCC2)cc1C. The number of rotatable bonds is 8. The van der Waals surface area contributed by atoms with Gasteiger partial charge in [-0.3, -0.25) is 19.5 Å². The van der Waals surface area contributed by atoms with Gasteiger partial charge in [-0.25, -0.2) is 4.98 Å². The molecule has 0 saturated heterocycles. The molecule has 6 nitrogen and oxygen atoms in total. The lowest BCUT2D eigenvalue weighted by Crippen LogP contribution is -2.40. The second-order valence-corrected chi connectivity index (χ2v) is 10.7. The lowest BCUT2D eigenvalue weighted by atomic mass is 10.1. The van der Waals surface area contributed by atoms with Crippen LogP contribution in [0.4, 0.5) is 5.95 Å². The highest BCUT2D eigenvalue weighted by molar-refractivity contribution is 6.30. The van der Waals surface area contributed by atoms with Crippen molar-refractivity contribution in [2.75, 3.05) is 11.9 Å². The number of halogens is 1. The topological polar surface area (TPSA) is 67.2 Å². The van der Waals surface area contributed by atoms with Gasteiger partial charge in [-0.1, -0.05) is 73.0 Å². The Kier molecular flexibility index (Phi) is 8.13. The van der Waals surface area contributed by atoms with Crippen LogP contribution in [0.2, 0.25) is 5.02 Å². The zero-order valence-electron chi connectivity index (χ0n) is 22.4. The van der Waals surface area contributed by atoms with Crippen LogP contribution in [0.15, 0.2) is 79.0 Å². The normalized spacial score (nSPS) is 13.4. The van der Waals surface area contributed by atoms with Crippen LogP contribution in [-0.4, -0.2) is 32.8 Å². The Labute approximate surface area is 234 Å². The van der Waals surface area contributed by atoms with Crippen LogP contribution < -0.4 is 5.32 Å². The number of imidazole rings is 1. The minimum Gasteiger partial charge on any atom is -0.329 e. The fraction of sp³-hybridized carbons (Fsp3) is 0.281. The van der Waals surface area contributed by atoms with Crippen LogP contribution >= 0.6 is 11.6 Å². The summed E-state index contributed by atoms with van der Waals surface area (Å²) in [7, 11) is 0. The predicted octanol–water partition coefficient (Wildman–Crippen LogP) is 6.97. The van der Waals surface area contributed by atoms with Crippen molar-refractivity contribution in [2.45, 2.75) is 46.1 Å². The number of aromatic nitrogens is 2. The number of hydrogen-bond donors (Lipinski definition) is 1. The monoisotopic (exact) mass is 540 g/mol. The van der Waals surface area contributed by atoms with Gasteiger partial charge in [-0.2, -0.15) is 0 Å². The molecule has 7 heteroatoms. The van der Waals surface area contributed by atoms with Gasteiger partial charge >= 0.3 is 0 Å². The maximum Gasteiger partial charge on any atom is 0.246 e. The Bertz CT molecular complexity index is 1460. The lowest BCUT2D eigenvalue weighted by molar-refractivity contribution is -0.138. The van der Waals surface area contributed by atoms with Gasteiger partial charge < -0.3 is 4.90 Å². The Morgan fingerprint density at radius 1 is 0.974 bits per heavy atom. The summed E-state index contributed by atoms with van der Waals surface area (Å²) in [6.45, 7) is 4.48. The molecule has 1 aliphatic carbocycles. The molecule has 0 spiro atoms. The van der Waals surface area contributed by atoms with E-state index >= 15 is 0 Å². The van der Waals surface area contributed by atoms with Crippen LogP contribution in [0.3, 0.4) is 0 Å². The molecule has 200 valence electrons. The summed E-state index contributed by atoms with van der Waals surface area (Å²) in [4.78, 5) is 33.3. The van der Waals surface area contributed by atoms with E-state index in [1.54, 1.807) is 4.90 Å². The van der Waals surface area contributed by atoms with Crippen molar-refractivity contribution >= 4 is 29.4 Å². The largest absolute Gasteiger partial charge is 0.329 e. The minimum atomic E-state index is -0.282. The summed E-state index contributed by atoms with van der Waals surface area (Å²) >= 11 is 6.10. The number of benzene rings is 3. The fourth-order valence-corrected chi connectivity index (χ4v) is 5.21. The number of anilines is 1. The highest BCUT2D eigenvalue weighted by atomic mass is 35.5. The molecule has 0 radical (unpaired) electrons. The number of nitrogens with one attached hydrogen (secondary N) is 1. The van der Waals surface area contributed by atoms with Crippen molar-refractivity contribution in [3.05, 3.63) is 101 Å². The smallest absolute Gasteiger partial charge is 0.246 e. The molecule has 1 N–H and O–H groups in total. The van der Waals surface area contributed by atoms with E-state index < -0.39 is 0 Å². The third-order valence-corrected chi connectivity index (χ3v) is 7.68. The van der Waals surface area contributed by atoms with E-state index in [0.717, 1.165) is 48.1 Å². The molecule has 3 aromatic carbocycles. The molecule has 0 atom stereocenters. The quantitative estimate of drug-likeness (QED) is 0.262. The third-order valence-electron chi connectivity index (χ3n) is 7.43. The summed E-state index contributed by atoms with van der Waals surface area (Å²) in [6, 6.07) is 23.4. The van der Waals surface area contributed by atoms with Gasteiger partial charge in [0.25, 0.3) is 0 Å². The molecule has 2 amide bonds.